The Kier molecular flexibility index (Phi) is 4.96. The minimum atomic E-state index is -0.411. The summed E-state index contributed by atoms with van der Waals surface area (Å²) in [6.45, 7) is 5.32. The number of rotatable bonds is 5. The molecule has 2 saturated heterocycles. The maximum Gasteiger partial charge on any atom is 0.275 e. The number of pyridine rings is 1. The van der Waals surface area contributed by atoms with Crippen LogP contribution in [0.3, 0.4) is 0 Å². The molecule has 0 radical (unpaired) electrons. The minimum absolute atomic E-state index is 0.108. The average Bonchev–Trinajstić information content (AvgIpc) is 3.48. The van der Waals surface area contributed by atoms with Crippen LogP contribution in [0.25, 0.3) is 11.0 Å². The molecule has 7 nitrogen and oxygen atoms in total. The van der Waals surface area contributed by atoms with Crippen molar-refractivity contribution in [2.75, 3.05) is 26.2 Å². The largest absolute Gasteiger partial charge is 0.342 e. The van der Waals surface area contributed by atoms with Gasteiger partial charge in [-0.15, -0.1) is 0 Å². The lowest BCUT2D eigenvalue weighted by Gasteiger charge is -2.23. The normalized spacial score (nSPS) is 21.0. The van der Waals surface area contributed by atoms with Crippen molar-refractivity contribution >= 4 is 22.8 Å². The van der Waals surface area contributed by atoms with Gasteiger partial charge >= 0.3 is 0 Å². The molecule has 2 aliphatic heterocycles. The van der Waals surface area contributed by atoms with Gasteiger partial charge in [-0.2, -0.15) is 5.10 Å². The van der Waals surface area contributed by atoms with Gasteiger partial charge in [0.05, 0.1) is 17.3 Å². The van der Waals surface area contributed by atoms with E-state index >= 15 is 0 Å². The topological polar surface area (TPSA) is 71.3 Å². The van der Waals surface area contributed by atoms with E-state index in [4.69, 9.17) is 0 Å². The summed E-state index contributed by atoms with van der Waals surface area (Å²) in [7, 11) is 0. The Morgan fingerprint density at radius 2 is 1.90 bits per heavy atom. The fourth-order valence-electron chi connectivity index (χ4n) is 4.98. The Labute approximate surface area is 181 Å². The van der Waals surface area contributed by atoms with E-state index in [0.29, 0.717) is 31.0 Å². The maximum atomic E-state index is 13.5. The van der Waals surface area contributed by atoms with Gasteiger partial charge in [0.25, 0.3) is 5.91 Å². The molecule has 1 unspecified atom stereocenters. The van der Waals surface area contributed by atoms with Gasteiger partial charge in [-0.1, -0.05) is 37.3 Å². The summed E-state index contributed by atoms with van der Waals surface area (Å²) in [6.07, 6.45) is 4.26. The van der Waals surface area contributed by atoms with Gasteiger partial charge in [-0.3, -0.25) is 9.59 Å². The number of nitrogens with zero attached hydrogens (tertiary/aromatic N) is 5. The molecule has 7 heteroatoms. The molecule has 0 bridgehead atoms. The third kappa shape index (κ3) is 3.38. The van der Waals surface area contributed by atoms with Gasteiger partial charge < -0.3 is 9.80 Å². The maximum absolute atomic E-state index is 13.5. The van der Waals surface area contributed by atoms with Crippen LogP contribution >= 0.6 is 0 Å². The highest BCUT2D eigenvalue weighted by molar-refractivity contribution is 6.04. The van der Waals surface area contributed by atoms with Crippen LogP contribution in [0.5, 0.6) is 0 Å². The first kappa shape index (κ1) is 19.7. The molecule has 1 aromatic carbocycles. The number of amides is 2. The number of hydrogen-bond donors (Lipinski definition) is 0. The van der Waals surface area contributed by atoms with Crippen LogP contribution in [0.4, 0.5) is 0 Å². The van der Waals surface area contributed by atoms with Gasteiger partial charge in [0, 0.05) is 32.4 Å². The molecule has 2 aromatic heterocycles. The molecular formula is C24H27N5O2. The summed E-state index contributed by atoms with van der Waals surface area (Å²) in [5.74, 6) is 0.106. The van der Waals surface area contributed by atoms with Gasteiger partial charge in [0.1, 0.15) is 0 Å². The predicted molar refractivity (Wildman–Crippen MR) is 118 cm³/mol. The number of carbonyl (C=O) groups is 2. The van der Waals surface area contributed by atoms with E-state index in [0.717, 1.165) is 43.3 Å². The predicted octanol–water partition coefficient (Wildman–Crippen LogP) is 2.95. The molecule has 3 aromatic rings. The second-order valence-electron chi connectivity index (χ2n) is 8.67. The highest BCUT2D eigenvalue weighted by atomic mass is 16.2. The SMILES string of the molecule is CCCN1CCC2(CCN(C(=O)c3nn(Cc4ccccc4)c4ncccc34)C2)C1=O. The smallest absolute Gasteiger partial charge is 0.275 e. The second kappa shape index (κ2) is 7.80. The van der Waals surface area contributed by atoms with E-state index in [-0.39, 0.29) is 11.8 Å². The molecular weight excluding hydrogens is 390 g/mol. The number of fused-ring (bicyclic) bond motifs is 1. The molecule has 31 heavy (non-hydrogen) atoms. The van der Waals surface area contributed by atoms with E-state index in [1.807, 2.05) is 52.3 Å². The Morgan fingerprint density at radius 1 is 1.10 bits per heavy atom. The summed E-state index contributed by atoms with van der Waals surface area (Å²) in [4.78, 5) is 34.7. The van der Waals surface area contributed by atoms with Crippen LogP contribution < -0.4 is 0 Å². The summed E-state index contributed by atoms with van der Waals surface area (Å²) < 4.78 is 1.80. The van der Waals surface area contributed by atoms with Crippen LogP contribution in [-0.4, -0.2) is 62.6 Å². The van der Waals surface area contributed by atoms with Crippen molar-refractivity contribution in [3.05, 3.63) is 59.9 Å². The first-order valence-electron chi connectivity index (χ1n) is 11.1. The average molecular weight is 418 g/mol. The molecule has 2 aliphatic rings. The molecule has 0 N–H and O–H groups in total. The van der Waals surface area contributed by atoms with Gasteiger partial charge in [0.15, 0.2) is 11.3 Å². The lowest BCUT2D eigenvalue weighted by atomic mass is 9.85. The van der Waals surface area contributed by atoms with Crippen molar-refractivity contribution < 1.29 is 9.59 Å². The zero-order chi connectivity index (χ0) is 21.4. The van der Waals surface area contributed by atoms with E-state index in [1.165, 1.54) is 0 Å². The van der Waals surface area contributed by atoms with Crippen LogP contribution in [0.2, 0.25) is 0 Å². The van der Waals surface area contributed by atoms with Crippen molar-refractivity contribution in [2.45, 2.75) is 32.7 Å². The summed E-state index contributed by atoms with van der Waals surface area (Å²) in [6, 6.07) is 13.8. The zero-order valence-electron chi connectivity index (χ0n) is 17.8. The fraction of sp³-hybridized carbons (Fsp3) is 0.417. The summed E-state index contributed by atoms with van der Waals surface area (Å²) >= 11 is 0. The molecule has 160 valence electrons. The number of aromatic nitrogens is 3. The van der Waals surface area contributed by atoms with E-state index < -0.39 is 5.41 Å². The van der Waals surface area contributed by atoms with Crippen molar-refractivity contribution in [3.8, 4) is 0 Å². The van der Waals surface area contributed by atoms with Crippen LogP contribution in [0.1, 0.15) is 42.2 Å². The number of carbonyl (C=O) groups excluding carboxylic acids is 2. The van der Waals surface area contributed by atoms with Crippen LogP contribution in [0, 0.1) is 5.41 Å². The summed E-state index contributed by atoms with van der Waals surface area (Å²) in [5.41, 5.74) is 1.82. The van der Waals surface area contributed by atoms with E-state index in [2.05, 4.69) is 17.0 Å². The Hall–Kier alpha value is -3.22. The van der Waals surface area contributed by atoms with Gasteiger partial charge in [0.2, 0.25) is 5.91 Å². The minimum Gasteiger partial charge on any atom is -0.342 e. The lowest BCUT2D eigenvalue weighted by Crippen LogP contribution is -2.38. The molecule has 0 saturated carbocycles. The zero-order valence-corrected chi connectivity index (χ0v) is 17.8. The first-order valence-corrected chi connectivity index (χ1v) is 11.1. The third-order valence-corrected chi connectivity index (χ3v) is 6.62. The number of hydrogen-bond acceptors (Lipinski definition) is 4. The van der Waals surface area contributed by atoms with Gasteiger partial charge in [-0.05, 0) is 37.0 Å². The lowest BCUT2D eigenvalue weighted by molar-refractivity contribution is -0.135. The Balaban J connectivity index is 1.41. The third-order valence-electron chi connectivity index (χ3n) is 6.62. The second-order valence-corrected chi connectivity index (χ2v) is 8.67. The van der Waals surface area contributed by atoms with Gasteiger partial charge in [-0.25, -0.2) is 9.67 Å². The van der Waals surface area contributed by atoms with Crippen molar-refractivity contribution in [3.63, 3.8) is 0 Å². The highest BCUT2D eigenvalue weighted by Crippen LogP contribution is 2.41. The quantitative estimate of drug-likeness (QED) is 0.640. The standard InChI is InChI=1S/C24H27N5O2/c1-2-13-27-14-10-24(23(27)31)11-15-28(17-24)22(30)20-19-9-6-12-25-21(19)29(26-20)16-18-7-4-3-5-8-18/h3-9,12H,2,10-11,13-17H2,1H3. The Morgan fingerprint density at radius 3 is 2.71 bits per heavy atom. The van der Waals surface area contributed by atoms with Crippen molar-refractivity contribution in [1.29, 1.82) is 0 Å². The molecule has 0 aliphatic carbocycles. The number of benzene rings is 1. The van der Waals surface area contributed by atoms with Crippen molar-refractivity contribution in [1.82, 2.24) is 24.6 Å². The molecule has 1 spiro atoms. The molecule has 2 fully saturated rings. The molecule has 5 rings (SSSR count). The van der Waals surface area contributed by atoms with Crippen LogP contribution in [0.15, 0.2) is 48.7 Å². The Bertz CT molecular complexity index is 1130. The molecule has 1 atom stereocenters. The van der Waals surface area contributed by atoms with Crippen molar-refractivity contribution in [2.24, 2.45) is 5.41 Å². The number of likely N-dealkylation sites (tertiary alicyclic amines) is 2. The first-order chi connectivity index (χ1) is 15.1. The highest BCUT2D eigenvalue weighted by Gasteiger charge is 2.51. The van der Waals surface area contributed by atoms with E-state index in [1.54, 1.807) is 10.9 Å². The fourth-order valence-corrected chi connectivity index (χ4v) is 4.98. The monoisotopic (exact) mass is 417 g/mol. The molecule has 2 amide bonds. The van der Waals surface area contributed by atoms with E-state index in [9.17, 15) is 9.59 Å². The summed E-state index contributed by atoms with van der Waals surface area (Å²) in [5, 5.41) is 5.43. The molecule has 4 heterocycles. The van der Waals surface area contributed by atoms with Crippen LogP contribution in [-0.2, 0) is 11.3 Å².